The lowest BCUT2D eigenvalue weighted by molar-refractivity contribution is 0.0600. The van der Waals surface area contributed by atoms with Gasteiger partial charge in [0.25, 0.3) is 0 Å². The maximum atomic E-state index is 11.9. The number of carbonyl (C=O) groups is 1. The van der Waals surface area contributed by atoms with Gasteiger partial charge in [-0.15, -0.1) is 0 Å². The highest BCUT2D eigenvalue weighted by Gasteiger charge is 2.12. The summed E-state index contributed by atoms with van der Waals surface area (Å²) >= 11 is 2.31. The van der Waals surface area contributed by atoms with Crippen molar-refractivity contribution >= 4 is 40.5 Å². The fourth-order valence-corrected chi connectivity index (χ4v) is 3.50. The van der Waals surface area contributed by atoms with Gasteiger partial charge < -0.3 is 9.30 Å². The molecule has 0 aliphatic heterocycles. The number of methoxy groups -OCH3 is 1. The Balaban J connectivity index is 1.97. The van der Waals surface area contributed by atoms with E-state index in [4.69, 9.17) is 4.74 Å². The number of benzene rings is 2. The molecule has 0 fully saturated rings. The summed E-state index contributed by atoms with van der Waals surface area (Å²) in [5, 5.41) is 0. The third-order valence-electron chi connectivity index (χ3n) is 4.61. The predicted molar refractivity (Wildman–Crippen MR) is 118 cm³/mol. The summed E-state index contributed by atoms with van der Waals surface area (Å²) in [6, 6.07) is 16.0. The van der Waals surface area contributed by atoms with Gasteiger partial charge in [-0.3, -0.25) is 4.99 Å². The zero-order chi connectivity index (χ0) is 19.6. The number of carbonyl (C=O) groups excluding carboxylic acids is 1. The molecule has 4 nitrogen and oxygen atoms in total. The molecule has 1 heterocycles. The van der Waals surface area contributed by atoms with E-state index in [1.54, 1.807) is 6.07 Å². The van der Waals surface area contributed by atoms with Crippen LogP contribution in [0.2, 0.25) is 0 Å². The van der Waals surface area contributed by atoms with Crippen molar-refractivity contribution in [2.45, 2.75) is 20.8 Å². The average Bonchev–Trinajstić information content (AvgIpc) is 2.94. The first-order chi connectivity index (χ1) is 12.9. The van der Waals surface area contributed by atoms with Crippen LogP contribution in [0.1, 0.15) is 32.9 Å². The van der Waals surface area contributed by atoms with E-state index in [0.29, 0.717) is 5.56 Å². The van der Waals surface area contributed by atoms with Gasteiger partial charge in [0, 0.05) is 32.4 Å². The molecule has 5 heteroatoms. The number of aryl methyl sites for hydroxylation is 1. The Morgan fingerprint density at radius 2 is 1.81 bits per heavy atom. The van der Waals surface area contributed by atoms with Crippen LogP contribution in [0.15, 0.2) is 53.5 Å². The molecule has 1 aromatic heterocycles. The van der Waals surface area contributed by atoms with Gasteiger partial charge in [0.1, 0.15) is 0 Å². The van der Waals surface area contributed by atoms with Crippen LogP contribution in [0, 0.1) is 24.3 Å². The number of halogens is 1. The second kappa shape index (κ2) is 8.08. The minimum absolute atomic E-state index is 0.346. The molecule has 27 heavy (non-hydrogen) atoms. The Kier molecular flexibility index (Phi) is 5.79. The molecule has 138 valence electrons. The van der Waals surface area contributed by atoms with Gasteiger partial charge >= 0.3 is 5.97 Å². The fraction of sp³-hybridized carbons (Fsp3) is 0.182. The second-order valence-electron chi connectivity index (χ2n) is 6.34. The number of hydrogen-bond acceptors (Lipinski definition) is 3. The number of esters is 1. The van der Waals surface area contributed by atoms with Gasteiger partial charge in [-0.1, -0.05) is 6.07 Å². The first-order valence-electron chi connectivity index (χ1n) is 8.59. The van der Waals surface area contributed by atoms with Gasteiger partial charge in [-0.25, -0.2) is 4.79 Å². The Hall–Kier alpha value is -2.41. The van der Waals surface area contributed by atoms with Crippen molar-refractivity contribution in [1.82, 2.24) is 4.57 Å². The third-order valence-corrected chi connectivity index (χ3v) is 5.33. The summed E-state index contributed by atoms with van der Waals surface area (Å²) in [6.07, 6.45) is 1.86. The molecule has 0 aliphatic carbocycles. The summed E-state index contributed by atoms with van der Waals surface area (Å²) in [5.74, 6) is -0.346. The van der Waals surface area contributed by atoms with E-state index >= 15 is 0 Å². The molecule has 0 spiro atoms. The molecule has 0 unspecified atom stereocenters. The van der Waals surface area contributed by atoms with E-state index in [-0.39, 0.29) is 5.97 Å². The van der Waals surface area contributed by atoms with Crippen LogP contribution in [0.25, 0.3) is 5.69 Å². The summed E-state index contributed by atoms with van der Waals surface area (Å²) < 4.78 is 8.26. The Bertz CT molecular complexity index is 1020. The van der Waals surface area contributed by atoms with Gasteiger partial charge in [-0.2, -0.15) is 0 Å². The molecular formula is C22H21IN2O2. The number of aliphatic imine (C=N–C) groups is 1. The topological polar surface area (TPSA) is 43.6 Å². The van der Waals surface area contributed by atoms with Crippen molar-refractivity contribution in [2.24, 2.45) is 4.99 Å². The lowest BCUT2D eigenvalue weighted by atomic mass is 10.1. The van der Waals surface area contributed by atoms with Crippen molar-refractivity contribution in [1.29, 1.82) is 0 Å². The molecule has 0 N–H and O–H groups in total. The molecule has 0 saturated heterocycles. The van der Waals surface area contributed by atoms with Crippen LogP contribution < -0.4 is 0 Å². The first-order valence-corrected chi connectivity index (χ1v) is 9.67. The molecule has 0 saturated carbocycles. The molecule has 0 aliphatic rings. The first kappa shape index (κ1) is 19.4. The van der Waals surface area contributed by atoms with Gasteiger partial charge in [0.05, 0.1) is 18.4 Å². The molecule has 0 radical (unpaired) electrons. The fourth-order valence-electron chi connectivity index (χ4n) is 3.14. The van der Waals surface area contributed by atoms with Crippen LogP contribution in [-0.4, -0.2) is 23.9 Å². The van der Waals surface area contributed by atoms with Crippen molar-refractivity contribution in [2.75, 3.05) is 7.11 Å². The van der Waals surface area contributed by atoms with Gasteiger partial charge in [0.2, 0.25) is 0 Å². The van der Waals surface area contributed by atoms with E-state index in [1.807, 2.05) is 25.3 Å². The average molecular weight is 472 g/mol. The number of nitrogens with zero attached hydrogens (tertiary/aromatic N) is 2. The van der Waals surface area contributed by atoms with Gasteiger partial charge in [-0.05, 0) is 91.4 Å². The smallest absolute Gasteiger partial charge is 0.338 e. The minimum atomic E-state index is -0.346. The molecular weight excluding hydrogens is 451 g/mol. The minimum Gasteiger partial charge on any atom is -0.465 e. The third kappa shape index (κ3) is 3.98. The Labute approximate surface area is 173 Å². The molecule has 2 aromatic carbocycles. The summed E-state index contributed by atoms with van der Waals surface area (Å²) in [5.41, 5.74) is 6.57. The van der Waals surface area contributed by atoms with Crippen LogP contribution in [0.4, 0.5) is 5.69 Å². The lowest BCUT2D eigenvalue weighted by Crippen LogP contribution is -2.03. The maximum Gasteiger partial charge on any atom is 0.338 e. The van der Waals surface area contributed by atoms with Crippen molar-refractivity contribution in [3.05, 3.63) is 80.2 Å². The highest BCUT2D eigenvalue weighted by Crippen LogP contribution is 2.24. The molecule has 0 bridgehead atoms. The van der Waals surface area contributed by atoms with E-state index in [9.17, 15) is 4.79 Å². The summed E-state index contributed by atoms with van der Waals surface area (Å²) in [6.45, 7) is 6.06. The van der Waals surface area contributed by atoms with Crippen LogP contribution >= 0.6 is 22.6 Å². The molecule has 3 aromatic rings. The summed E-state index contributed by atoms with van der Waals surface area (Å²) in [4.78, 5) is 16.5. The van der Waals surface area contributed by atoms with E-state index in [2.05, 4.69) is 76.3 Å². The second-order valence-corrected chi connectivity index (χ2v) is 7.58. The van der Waals surface area contributed by atoms with E-state index in [1.165, 1.54) is 10.7 Å². The van der Waals surface area contributed by atoms with Crippen molar-refractivity contribution < 1.29 is 9.53 Å². The zero-order valence-electron chi connectivity index (χ0n) is 15.8. The molecule has 3 rings (SSSR count). The quantitative estimate of drug-likeness (QED) is 0.284. The summed E-state index contributed by atoms with van der Waals surface area (Å²) in [7, 11) is 1.39. The molecule has 0 atom stereocenters. The molecule has 0 amide bonds. The van der Waals surface area contributed by atoms with Crippen molar-refractivity contribution in [3.63, 3.8) is 0 Å². The van der Waals surface area contributed by atoms with Crippen molar-refractivity contribution in [3.8, 4) is 5.69 Å². The van der Waals surface area contributed by atoms with E-state index < -0.39 is 0 Å². The standard InChI is InChI=1S/C22H21IN2O2/c1-14-12-17(16(3)25(14)19-10-8-18(23)9-11-19)13-24-21-7-5-6-20(15(21)2)22(26)27-4/h5-13H,1-4H3. The number of hydrogen-bond donors (Lipinski definition) is 0. The number of aromatic nitrogens is 1. The zero-order valence-corrected chi connectivity index (χ0v) is 17.9. The van der Waals surface area contributed by atoms with Crippen LogP contribution in [0.3, 0.4) is 0 Å². The highest BCUT2D eigenvalue weighted by atomic mass is 127. The largest absolute Gasteiger partial charge is 0.465 e. The maximum absolute atomic E-state index is 11.9. The van der Waals surface area contributed by atoms with Crippen LogP contribution in [-0.2, 0) is 4.74 Å². The van der Waals surface area contributed by atoms with E-state index in [0.717, 1.165) is 33.9 Å². The monoisotopic (exact) mass is 472 g/mol. The highest BCUT2D eigenvalue weighted by molar-refractivity contribution is 14.1. The lowest BCUT2D eigenvalue weighted by Gasteiger charge is -2.09. The Morgan fingerprint density at radius 1 is 1.11 bits per heavy atom. The van der Waals surface area contributed by atoms with Gasteiger partial charge in [0.15, 0.2) is 0 Å². The predicted octanol–water partition coefficient (Wildman–Crippen LogP) is 5.54. The Morgan fingerprint density at radius 3 is 2.48 bits per heavy atom. The SMILES string of the molecule is COC(=O)c1cccc(N=Cc2cc(C)n(-c3ccc(I)cc3)c2C)c1C. The number of rotatable bonds is 4. The normalized spacial score (nSPS) is 11.1. The van der Waals surface area contributed by atoms with Crippen LogP contribution in [0.5, 0.6) is 0 Å². The number of ether oxygens (including phenoxy) is 1.